The van der Waals surface area contributed by atoms with Crippen LogP contribution in [0.1, 0.15) is 39.2 Å². The molecule has 0 atom stereocenters. The lowest BCUT2D eigenvalue weighted by atomic mass is 10.0. The molecular weight excluding hydrogens is 314 g/mol. The molecule has 1 aliphatic heterocycles. The summed E-state index contributed by atoms with van der Waals surface area (Å²) in [6, 6.07) is 7.50. The molecule has 2 rings (SSSR count). The van der Waals surface area contributed by atoms with E-state index in [0.29, 0.717) is 23.7 Å². The summed E-state index contributed by atoms with van der Waals surface area (Å²) in [6.07, 6.45) is 1.36. The first-order chi connectivity index (χ1) is 10.8. The van der Waals surface area contributed by atoms with Crippen molar-refractivity contribution in [2.75, 3.05) is 18.4 Å². The van der Waals surface area contributed by atoms with Gasteiger partial charge in [0.1, 0.15) is 5.60 Å². The summed E-state index contributed by atoms with van der Waals surface area (Å²) < 4.78 is 5.39. The van der Waals surface area contributed by atoms with Crippen LogP contribution < -0.4 is 5.32 Å². The predicted octanol–water partition coefficient (Wildman–Crippen LogP) is 4.02. The number of hydrogen-bond acceptors (Lipinski definition) is 4. The topological polar surface area (TPSA) is 65.4 Å². The monoisotopic (exact) mass is 335 g/mol. The molecule has 1 heterocycles. The Morgan fingerprint density at radius 1 is 1.39 bits per heavy atom. The number of halogens is 1. The van der Waals surface area contributed by atoms with E-state index in [2.05, 4.69) is 11.4 Å². The summed E-state index contributed by atoms with van der Waals surface area (Å²) in [4.78, 5) is 13.8. The zero-order chi connectivity index (χ0) is 17.0. The molecule has 0 unspecified atom stereocenters. The fraction of sp³-hybridized carbons (Fsp3) is 0.529. The van der Waals surface area contributed by atoms with Gasteiger partial charge in [-0.2, -0.15) is 5.26 Å². The predicted molar refractivity (Wildman–Crippen MR) is 90.6 cm³/mol. The van der Waals surface area contributed by atoms with Crippen molar-refractivity contribution in [3.8, 4) is 6.07 Å². The van der Waals surface area contributed by atoms with Gasteiger partial charge < -0.3 is 15.0 Å². The zero-order valence-electron chi connectivity index (χ0n) is 13.7. The highest BCUT2D eigenvalue weighted by Gasteiger charge is 2.27. The van der Waals surface area contributed by atoms with Gasteiger partial charge in [-0.05, 0) is 51.8 Å². The fourth-order valence-corrected chi connectivity index (χ4v) is 2.63. The molecule has 0 saturated carbocycles. The summed E-state index contributed by atoms with van der Waals surface area (Å²) >= 11 is 6.17. The van der Waals surface area contributed by atoms with Gasteiger partial charge in [-0.1, -0.05) is 11.6 Å². The Balaban J connectivity index is 1.90. The number of piperidine rings is 1. The van der Waals surface area contributed by atoms with Gasteiger partial charge in [0.15, 0.2) is 0 Å². The average molecular weight is 336 g/mol. The highest BCUT2D eigenvalue weighted by Crippen LogP contribution is 2.26. The molecule has 0 aromatic heterocycles. The largest absolute Gasteiger partial charge is 0.444 e. The van der Waals surface area contributed by atoms with Crippen LogP contribution >= 0.6 is 11.6 Å². The molecule has 1 N–H and O–H groups in total. The summed E-state index contributed by atoms with van der Waals surface area (Å²) in [6.45, 7) is 6.88. The molecule has 1 saturated heterocycles. The molecule has 1 aliphatic rings. The standard InChI is InChI=1S/C17H22ClN3O2/c1-17(2,3)23-16(22)21-8-6-13(7-9-21)20-15-10-12(11-19)4-5-14(15)18/h4-5,10,13,20H,6-9H2,1-3H3. The van der Waals surface area contributed by atoms with Gasteiger partial charge in [0.2, 0.25) is 0 Å². The first-order valence-electron chi connectivity index (χ1n) is 7.72. The minimum Gasteiger partial charge on any atom is -0.444 e. The average Bonchev–Trinajstić information content (AvgIpc) is 2.48. The molecule has 0 spiro atoms. The third-order valence-electron chi connectivity index (χ3n) is 3.60. The van der Waals surface area contributed by atoms with Crippen LogP contribution in [0.2, 0.25) is 5.02 Å². The van der Waals surface area contributed by atoms with Gasteiger partial charge in [0.25, 0.3) is 0 Å². The van der Waals surface area contributed by atoms with Crippen molar-refractivity contribution in [2.45, 2.75) is 45.3 Å². The van der Waals surface area contributed by atoms with Crippen LogP contribution in [0.15, 0.2) is 18.2 Å². The Morgan fingerprint density at radius 3 is 2.61 bits per heavy atom. The number of ether oxygens (including phenoxy) is 1. The number of likely N-dealkylation sites (tertiary alicyclic amines) is 1. The number of carbonyl (C=O) groups excluding carboxylic acids is 1. The third-order valence-corrected chi connectivity index (χ3v) is 3.93. The van der Waals surface area contributed by atoms with E-state index < -0.39 is 5.60 Å². The van der Waals surface area contributed by atoms with Crippen LogP contribution in [0, 0.1) is 11.3 Å². The molecular formula is C17H22ClN3O2. The lowest BCUT2D eigenvalue weighted by Gasteiger charge is -2.34. The maximum Gasteiger partial charge on any atom is 0.410 e. The fourth-order valence-electron chi connectivity index (χ4n) is 2.46. The summed E-state index contributed by atoms with van der Waals surface area (Å²) in [5, 5.41) is 12.9. The molecule has 1 fully saturated rings. The van der Waals surface area contributed by atoms with Crippen molar-refractivity contribution in [2.24, 2.45) is 0 Å². The van der Waals surface area contributed by atoms with E-state index in [1.165, 1.54) is 0 Å². The van der Waals surface area contributed by atoms with E-state index in [9.17, 15) is 4.79 Å². The van der Waals surface area contributed by atoms with Crippen LogP contribution in [-0.2, 0) is 4.74 Å². The van der Waals surface area contributed by atoms with Crippen LogP contribution in [0.25, 0.3) is 0 Å². The van der Waals surface area contributed by atoms with Gasteiger partial charge in [-0.25, -0.2) is 4.79 Å². The highest BCUT2D eigenvalue weighted by atomic mass is 35.5. The molecule has 0 radical (unpaired) electrons. The molecule has 5 nitrogen and oxygen atoms in total. The molecule has 1 aromatic carbocycles. The molecule has 0 aliphatic carbocycles. The lowest BCUT2D eigenvalue weighted by Crippen LogP contribution is -2.44. The molecule has 124 valence electrons. The van der Waals surface area contributed by atoms with Gasteiger partial charge >= 0.3 is 6.09 Å². The SMILES string of the molecule is CC(C)(C)OC(=O)N1CCC(Nc2cc(C#N)ccc2Cl)CC1. The second-order valence-electron chi connectivity index (χ2n) is 6.69. The van der Waals surface area contributed by atoms with E-state index in [-0.39, 0.29) is 12.1 Å². The van der Waals surface area contributed by atoms with Crippen molar-refractivity contribution in [1.29, 1.82) is 5.26 Å². The minimum absolute atomic E-state index is 0.222. The molecule has 1 amide bonds. The normalized spacial score (nSPS) is 15.9. The van der Waals surface area contributed by atoms with Crippen molar-refractivity contribution < 1.29 is 9.53 Å². The number of hydrogen-bond donors (Lipinski definition) is 1. The van der Waals surface area contributed by atoms with Crippen molar-refractivity contribution >= 4 is 23.4 Å². The molecule has 6 heteroatoms. The van der Waals surface area contributed by atoms with E-state index >= 15 is 0 Å². The number of rotatable bonds is 2. The Kier molecular flexibility index (Phi) is 5.38. The van der Waals surface area contributed by atoms with Crippen LogP contribution in [0.4, 0.5) is 10.5 Å². The maximum absolute atomic E-state index is 12.0. The number of nitriles is 1. The van der Waals surface area contributed by atoms with Crippen molar-refractivity contribution in [3.05, 3.63) is 28.8 Å². The summed E-state index contributed by atoms with van der Waals surface area (Å²) in [5.41, 5.74) is 0.863. The van der Waals surface area contributed by atoms with Gasteiger partial charge in [0, 0.05) is 19.1 Å². The zero-order valence-corrected chi connectivity index (χ0v) is 14.5. The number of carbonyl (C=O) groups is 1. The van der Waals surface area contributed by atoms with Gasteiger partial charge in [-0.15, -0.1) is 0 Å². The summed E-state index contributed by atoms with van der Waals surface area (Å²) in [5.74, 6) is 0. The smallest absolute Gasteiger partial charge is 0.410 e. The number of benzene rings is 1. The summed E-state index contributed by atoms with van der Waals surface area (Å²) in [7, 11) is 0. The Labute approximate surface area is 142 Å². The molecule has 23 heavy (non-hydrogen) atoms. The number of nitrogens with one attached hydrogen (secondary N) is 1. The van der Waals surface area contributed by atoms with Crippen LogP contribution in [-0.4, -0.2) is 35.7 Å². The molecule has 1 aromatic rings. The Hall–Kier alpha value is -1.93. The minimum atomic E-state index is -0.475. The number of amides is 1. The second kappa shape index (κ2) is 7.10. The third kappa shape index (κ3) is 5.04. The van der Waals surface area contributed by atoms with Crippen LogP contribution in [0.3, 0.4) is 0 Å². The highest BCUT2D eigenvalue weighted by molar-refractivity contribution is 6.33. The van der Waals surface area contributed by atoms with E-state index in [0.717, 1.165) is 18.5 Å². The van der Waals surface area contributed by atoms with Gasteiger partial charge in [0.05, 0.1) is 22.3 Å². The number of anilines is 1. The second-order valence-corrected chi connectivity index (χ2v) is 7.10. The number of nitrogens with zero attached hydrogens (tertiary/aromatic N) is 2. The Morgan fingerprint density at radius 2 is 2.04 bits per heavy atom. The van der Waals surface area contributed by atoms with E-state index in [1.54, 1.807) is 23.1 Å². The Bertz CT molecular complexity index is 611. The van der Waals surface area contributed by atoms with Gasteiger partial charge in [-0.3, -0.25) is 0 Å². The first-order valence-corrected chi connectivity index (χ1v) is 8.10. The quantitative estimate of drug-likeness (QED) is 0.886. The van der Waals surface area contributed by atoms with Crippen LogP contribution in [0.5, 0.6) is 0 Å². The molecule has 0 bridgehead atoms. The lowest BCUT2D eigenvalue weighted by molar-refractivity contribution is 0.0210. The first kappa shape index (κ1) is 17.4. The van der Waals surface area contributed by atoms with E-state index in [1.807, 2.05) is 20.8 Å². The maximum atomic E-state index is 12.0. The van der Waals surface area contributed by atoms with Crippen molar-refractivity contribution in [1.82, 2.24) is 4.90 Å². The van der Waals surface area contributed by atoms with E-state index in [4.69, 9.17) is 21.6 Å². The van der Waals surface area contributed by atoms with Crippen molar-refractivity contribution in [3.63, 3.8) is 0 Å².